The number of rotatable bonds is 11. The number of urea groups is 1. The van der Waals surface area contributed by atoms with Gasteiger partial charge in [-0.1, -0.05) is 56.4 Å². The molecule has 0 spiro atoms. The van der Waals surface area contributed by atoms with Crippen molar-refractivity contribution in [2.45, 2.75) is 82.8 Å². The van der Waals surface area contributed by atoms with Gasteiger partial charge in [-0.15, -0.1) is 4.99 Å². The van der Waals surface area contributed by atoms with E-state index in [1.165, 1.54) is 31.8 Å². The Bertz CT molecular complexity index is 654. The van der Waals surface area contributed by atoms with Gasteiger partial charge < -0.3 is 30.5 Å². The molecular weight excluding hydrogens is 394 g/mol. The van der Waals surface area contributed by atoms with Crippen molar-refractivity contribution < 1.29 is 38.9 Å². The summed E-state index contributed by atoms with van der Waals surface area (Å²) in [4.78, 5) is 29.2. The molecule has 1 unspecified atom stereocenters. The predicted molar refractivity (Wildman–Crippen MR) is 108 cm³/mol. The van der Waals surface area contributed by atoms with Crippen LogP contribution in [0.2, 0.25) is 0 Å². The third-order valence-electron chi connectivity index (χ3n) is 5.47. The van der Waals surface area contributed by atoms with Gasteiger partial charge in [-0.2, -0.15) is 4.79 Å². The first-order valence-electron chi connectivity index (χ1n) is 10.6. The van der Waals surface area contributed by atoms with E-state index < -0.39 is 47.8 Å². The minimum Gasteiger partial charge on any atom is -0.419 e. The number of amides is 3. The van der Waals surface area contributed by atoms with Crippen LogP contribution >= 0.6 is 0 Å². The smallest absolute Gasteiger partial charge is 0.419 e. The Hall–Kier alpha value is -1.85. The maximum atomic E-state index is 12.9. The summed E-state index contributed by atoms with van der Waals surface area (Å²) in [6, 6.07) is -0.995. The Balaban J connectivity index is 1.97. The predicted octanol–water partition coefficient (Wildman–Crippen LogP) is 1.52. The molecule has 2 heterocycles. The Labute approximate surface area is 176 Å². The summed E-state index contributed by atoms with van der Waals surface area (Å²) in [5.41, 5.74) is 5.55. The van der Waals surface area contributed by atoms with E-state index in [4.69, 9.17) is 15.2 Å². The van der Waals surface area contributed by atoms with Crippen LogP contribution in [-0.2, 0) is 9.47 Å². The Morgan fingerprint density at radius 3 is 2.37 bits per heavy atom. The highest BCUT2D eigenvalue weighted by molar-refractivity contribution is 6.01. The summed E-state index contributed by atoms with van der Waals surface area (Å²) >= 11 is 0. The van der Waals surface area contributed by atoms with Crippen molar-refractivity contribution in [3.05, 3.63) is 12.3 Å². The standard InChI is InChI=1S/C20H33N3O7/c1-2-3-4-5-6-7-8-9-12-29-20(28)23(11-10-15(21)22-19(23)27)18-17(26)16(25)14(13-24)30-18/h10-11,14,16-18,24-26H,2-9,12-13H2,1H3,(H-,21,22,27)/p+1/t14-,16-,17+,18-,23?/m1/s1. The molecule has 3 amide bonds. The second-order valence-electron chi connectivity index (χ2n) is 7.73. The lowest BCUT2D eigenvalue weighted by molar-refractivity contribution is -0.785. The summed E-state index contributed by atoms with van der Waals surface area (Å²) in [6.45, 7) is 1.68. The number of amidine groups is 1. The molecule has 2 rings (SSSR count). The van der Waals surface area contributed by atoms with Gasteiger partial charge in [0.15, 0.2) is 6.10 Å². The van der Waals surface area contributed by atoms with Crippen LogP contribution in [0.25, 0.3) is 0 Å². The number of carbonyl (C=O) groups is 2. The van der Waals surface area contributed by atoms with Gasteiger partial charge in [0.05, 0.1) is 13.2 Å². The molecule has 2 aliphatic rings. The fraction of sp³-hybridized carbons (Fsp3) is 0.750. The molecule has 2 aliphatic heterocycles. The van der Waals surface area contributed by atoms with E-state index in [1.807, 2.05) is 0 Å². The number of nitrogens with zero attached hydrogens (tertiary/aromatic N) is 2. The first-order chi connectivity index (χ1) is 14.4. The average Bonchev–Trinajstić information content (AvgIpc) is 3.01. The number of hydrogen-bond donors (Lipinski definition) is 4. The molecule has 1 saturated heterocycles. The Morgan fingerprint density at radius 1 is 1.17 bits per heavy atom. The molecule has 0 aliphatic carbocycles. The van der Waals surface area contributed by atoms with E-state index in [1.54, 1.807) is 0 Å². The fourth-order valence-corrected chi connectivity index (χ4v) is 3.64. The molecule has 0 aromatic carbocycles. The van der Waals surface area contributed by atoms with E-state index >= 15 is 0 Å². The van der Waals surface area contributed by atoms with Gasteiger partial charge in [0, 0.05) is 6.08 Å². The second-order valence-corrected chi connectivity index (χ2v) is 7.73. The average molecular weight is 429 g/mol. The SMILES string of the molecule is CCCCCCCCCCOC(=O)[N+]1([C@@H]2O[C@H](CO)[C@@H](O)[C@@H]2O)C=CC(N)=NC1=O. The van der Waals surface area contributed by atoms with Gasteiger partial charge in [-0.05, 0) is 6.42 Å². The molecular formula is C20H34N3O7+. The lowest BCUT2D eigenvalue weighted by Crippen LogP contribution is -2.63. The first-order valence-corrected chi connectivity index (χ1v) is 10.6. The molecule has 0 bridgehead atoms. The minimum absolute atomic E-state index is 0.100. The third-order valence-corrected chi connectivity index (χ3v) is 5.47. The summed E-state index contributed by atoms with van der Waals surface area (Å²) in [7, 11) is 0. The van der Waals surface area contributed by atoms with E-state index in [0.717, 1.165) is 25.5 Å². The van der Waals surface area contributed by atoms with Gasteiger partial charge in [-0.25, -0.2) is 4.79 Å². The van der Waals surface area contributed by atoms with Crippen molar-refractivity contribution in [2.24, 2.45) is 10.7 Å². The van der Waals surface area contributed by atoms with Crippen LogP contribution in [0.3, 0.4) is 0 Å². The molecule has 30 heavy (non-hydrogen) atoms. The summed E-state index contributed by atoms with van der Waals surface area (Å²) in [5, 5.41) is 29.7. The molecule has 0 aromatic rings. The second kappa shape index (κ2) is 11.5. The summed E-state index contributed by atoms with van der Waals surface area (Å²) < 4.78 is 9.54. The topological polar surface area (TPSA) is 152 Å². The van der Waals surface area contributed by atoms with Crippen molar-refractivity contribution in [3.63, 3.8) is 0 Å². The van der Waals surface area contributed by atoms with Crippen molar-refractivity contribution in [2.75, 3.05) is 13.2 Å². The zero-order valence-electron chi connectivity index (χ0n) is 17.5. The number of unbranched alkanes of at least 4 members (excludes halogenated alkanes) is 7. The molecule has 0 radical (unpaired) electrons. The van der Waals surface area contributed by atoms with Gasteiger partial charge in [0.1, 0.15) is 24.2 Å². The number of ether oxygens (including phenoxy) is 2. The van der Waals surface area contributed by atoms with Crippen molar-refractivity contribution in [1.82, 2.24) is 0 Å². The number of aliphatic hydroxyl groups excluding tert-OH is 3. The van der Waals surface area contributed by atoms with Gasteiger partial charge in [0.25, 0.3) is 0 Å². The molecule has 1 fully saturated rings. The normalized spacial score (nSPS) is 31.1. The Morgan fingerprint density at radius 2 is 1.80 bits per heavy atom. The Kier molecular flexibility index (Phi) is 9.37. The third kappa shape index (κ3) is 5.44. The highest BCUT2D eigenvalue weighted by atomic mass is 16.6. The van der Waals surface area contributed by atoms with Crippen molar-refractivity contribution >= 4 is 18.0 Å². The fourth-order valence-electron chi connectivity index (χ4n) is 3.64. The van der Waals surface area contributed by atoms with Crippen LogP contribution in [0, 0.1) is 0 Å². The van der Waals surface area contributed by atoms with E-state index in [0.29, 0.717) is 6.42 Å². The number of imide groups is 1. The molecule has 0 saturated carbocycles. The van der Waals surface area contributed by atoms with Gasteiger partial charge in [-0.3, -0.25) is 0 Å². The molecule has 0 aromatic heterocycles. The van der Waals surface area contributed by atoms with Crippen LogP contribution in [0.4, 0.5) is 9.59 Å². The molecule has 10 heteroatoms. The first kappa shape index (κ1) is 24.4. The quantitative estimate of drug-likeness (QED) is 0.286. The number of aliphatic imine (C=N–C) groups is 1. The number of nitrogens with two attached hydrogens (primary N) is 1. The highest BCUT2D eigenvalue weighted by Gasteiger charge is 2.63. The highest BCUT2D eigenvalue weighted by Crippen LogP contribution is 2.33. The van der Waals surface area contributed by atoms with Crippen LogP contribution in [0.5, 0.6) is 0 Å². The van der Waals surface area contributed by atoms with E-state index in [-0.39, 0.29) is 12.4 Å². The van der Waals surface area contributed by atoms with Crippen LogP contribution in [-0.4, -0.2) is 75.5 Å². The zero-order valence-corrected chi connectivity index (χ0v) is 17.5. The van der Waals surface area contributed by atoms with Gasteiger partial charge >= 0.3 is 12.1 Å². The van der Waals surface area contributed by atoms with Crippen molar-refractivity contribution in [3.8, 4) is 0 Å². The lowest BCUT2D eigenvalue weighted by Gasteiger charge is -2.33. The summed E-state index contributed by atoms with van der Waals surface area (Å²) in [6.07, 6.45) is 4.23. The lowest BCUT2D eigenvalue weighted by atomic mass is 10.1. The zero-order chi connectivity index (χ0) is 22.1. The van der Waals surface area contributed by atoms with Crippen LogP contribution < -0.4 is 5.73 Å². The van der Waals surface area contributed by atoms with Crippen LogP contribution in [0.1, 0.15) is 58.3 Å². The van der Waals surface area contributed by atoms with E-state index in [2.05, 4.69) is 11.9 Å². The maximum Gasteiger partial charge on any atom is 0.532 e. The van der Waals surface area contributed by atoms with Crippen molar-refractivity contribution in [1.29, 1.82) is 0 Å². The summed E-state index contributed by atoms with van der Waals surface area (Å²) in [5.74, 6) is -0.101. The molecule has 5 N–H and O–H groups in total. The van der Waals surface area contributed by atoms with Gasteiger partial charge in [0.2, 0.25) is 6.23 Å². The molecule has 170 valence electrons. The van der Waals surface area contributed by atoms with E-state index in [9.17, 15) is 24.9 Å². The molecule has 10 nitrogen and oxygen atoms in total. The number of aliphatic hydroxyl groups is 3. The number of carbonyl (C=O) groups excluding carboxylic acids is 2. The maximum absolute atomic E-state index is 12.9. The number of hydrogen-bond acceptors (Lipinski definition) is 8. The van der Waals surface area contributed by atoms with Crippen LogP contribution in [0.15, 0.2) is 17.3 Å². The largest absolute Gasteiger partial charge is 0.532 e. The monoisotopic (exact) mass is 428 g/mol. The minimum atomic E-state index is -1.61. The number of quaternary nitrogens is 1. The molecule has 5 atom stereocenters.